The van der Waals surface area contributed by atoms with E-state index in [0.717, 1.165) is 6.42 Å². The minimum atomic E-state index is 1.14. The summed E-state index contributed by atoms with van der Waals surface area (Å²) in [4.78, 5) is 0. The Kier molecular flexibility index (Phi) is 14.7. The lowest BCUT2D eigenvalue weighted by Gasteiger charge is -2.03. The number of pyridine rings is 1. The van der Waals surface area contributed by atoms with Crippen LogP contribution >= 0.6 is 0 Å². The quantitative estimate of drug-likeness (QED) is 0.204. The Bertz CT molecular complexity index is 399. The molecule has 1 rings (SSSR count). The summed E-state index contributed by atoms with van der Waals surface area (Å²) < 4.78 is 2.36. The standard InChI is InChI=1S/C24H44N/c1-3-5-6-7-8-9-10-11-12-13-14-15-16-17-18-21-25-22-19-20-24(4-2)23-25/h19-20,22-23H,3-18,21H2,1-2H3/q+1. The van der Waals surface area contributed by atoms with Crippen LogP contribution in [-0.2, 0) is 13.0 Å². The topological polar surface area (TPSA) is 3.88 Å². The predicted molar refractivity (Wildman–Crippen MR) is 111 cm³/mol. The number of aromatic nitrogens is 1. The van der Waals surface area contributed by atoms with E-state index in [4.69, 9.17) is 0 Å². The van der Waals surface area contributed by atoms with Crippen LogP contribution in [-0.4, -0.2) is 0 Å². The van der Waals surface area contributed by atoms with Gasteiger partial charge in [-0.2, -0.15) is 0 Å². The summed E-state index contributed by atoms with van der Waals surface area (Å²) >= 11 is 0. The van der Waals surface area contributed by atoms with E-state index >= 15 is 0 Å². The molecule has 1 aromatic rings. The van der Waals surface area contributed by atoms with E-state index in [2.05, 4.69) is 42.9 Å². The first kappa shape index (κ1) is 22.2. The molecule has 0 aliphatic carbocycles. The molecule has 0 atom stereocenters. The Balaban J connectivity index is 1.80. The zero-order valence-corrected chi connectivity index (χ0v) is 17.3. The molecule has 0 aliphatic rings. The van der Waals surface area contributed by atoms with Gasteiger partial charge in [-0.1, -0.05) is 97.3 Å². The van der Waals surface area contributed by atoms with Gasteiger partial charge in [-0.3, -0.25) is 0 Å². The number of nitrogens with zero attached hydrogens (tertiary/aromatic N) is 1. The molecule has 0 aliphatic heterocycles. The van der Waals surface area contributed by atoms with Crippen LogP contribution in [0.3, 0.4) is 0 Å². The van der Waals surface area contributed by atoms with Gasteiger partial charge in [0.15, 0.2) is 12.4 Å². The molecular formula is C24H44N+. The van der Waals surface area contributed by atoms with E-state index in [0.29, 0.717) is 0 Å². The highest BCUT2D eigenvalue weighted by Gasteiger charge is 2.01. The fraction of sp³-hybridized carbons (Fsp3) is 0.792. The number of unbranched alkanes of at least 4 members (excludes halogenated alkanes) is 14. The molecule has 25 heavy (non-hydrogen) atoms. The van der Waals surface area contributed by atoms with Crippen LogP contribution < -0.4 is 4.57 Å². The van der Waals surface area contributed by atoms with Crippen LogP contribution in [0.4, 0.5) is 0 Å². The highest BCUT2D eigenvalue weighted by molar-refractivity contribution is 5.04. The van der Waals surface area contributed by atoms with Crippen LogP contribution in [0.1, 0.15) is 116 Å². The first-order valence-electron chi connectivity index (χ1n) is 11.3. The van der Waals surface area contributed by atoms with Gasteiger partial charge >= 0.3 is 0 Å². The number of rotatable bonds is 17. The summed E-state index contributed by atoms with van der Waals surface area (Å²) in [5.41, 5.74) is 1.45. The van der Waals surface area contributed by atoms with Gasteiger partial charge in [0.25, 0.3) is 0 Å². The van der Waals surface area contributed by atoms with Gasteiger partial charge in [-0.05, 0) is 18.9 Å². The monoisotopic (exact) mass is 346 g/mol. The molecule has 0 fully saturated rings. The van der Waals surface area contributed by atoms with Crippen LogP contribution in [0.5, 0.6) is 0 Å². The van der Waals surface area contributed by atoms with Crippen molar-refractivity contribution in [2.75, 3.05) is 0 Å². The Labute approximate surface area is 158 Å². The molecule has 1 heterocycles. The second-order valence-electron chi connectivity index (χ2n) is 7.75. The summed E-state index contributed by atoms with van der Waals surface area (Å²) in [6.45, 7) is 5.71. The lowest BCUT2D eigenvalue weighted by atomic mass is 10.0. The molecule has 0 aromatic carbocycles. The van der Waals surface area contributed by atoms with E-state index in [1.807, 2.05) is 0 Å². The third-order valence-electron chi connectivity index (χ3n) is 5.35. The van der Waals surface area contributed by atoms with Crippen molar-refractivity contribution in [2.24, 2.45) is 0 Å². The average Bonchev–Trinajstić information content (AvgIpc) is 2.65. The van der Waals surface area contributed by atoms with E-state index in [1.165, 1.54) is 108 Å². The molecule has 0 saturated carbocycles. The van der Waals surface area contributed by atoms with Gasteiger partial charge in [-0.15, -0.1) is 0 Å². The van der Waals surface area contributed by atoms with Gasteiger partial charge in [0.05, 0.1) is 0 Å². The zero-order chi connectivity index (χ0) is 18.0. The smallest absolute Gasteiger partial charge is 0.171 e. The predicted octanol–water partition coefficient (Wildman–Crippen LogP) is 7.41. The molecule has 0 amide bonds. The molecule has 144 valence electrons. The molecule has 0 N–H and O–H groups in total. The number of aryl methyl sites for hydroxylation is 2. The summed E-state index contributed by atoms with van der Waals surface area (Å²) in [6, 6.07) is 4.41. The largest absolute Gasteiger partial charge is 0.205 e. The highest BCUT2D eigenvalue weighted by Crippen LogP contribution is 2.13. The van der Waals surface area contributed by atoms with E-state index in [1.54, 1.807) is 0 Å². The number of hydrogen-bond acceptors (Lipinski definition) is 0. The zero-order valence-electron chi connectivity index (χ0n) is 17.3. The maximum Gasteiger partial charge on any atom is 0.171 e. The van der Waals surface area contributed by atoms with Crippen molar-refractivity contribution < 1.29 is 4.57 Å². The lowest BCUT2D eigenvalue weighted by molar-refractivity contribution is -0.697. The van der Waals surface area contributed by atoms with Gasteiger partial charge in [0, 0.05) is 18.1 Å². The molecule has 1 heteroatoms. The molecule has 0 radical (unpaired) electrons. The fourth-order valence-corrected chi connectivity index (χ4v) is 3.59. The Morgan fingerprint density at radius 2 is 1.12 bits per heavy atom. The molecule has 0 spiro atoms. The second-order valence-corrected chi connectivity index (χ2v) is 7.75. The van der Waals surface area contributed by atoms with Gasteiger partial charge in [0.2, 0.25) is 0 Å². The third-order valence-corrected chi connectivity index (χ3v) is 5.35. The Hall–Kier alpha value is -0.850. The van der Waals surface area contributed by atoms with Crippen LogP contribution in [0.25, 0.3) is 0 Å². The van der Waals surface area contributed by atoms with E-state index in [9.17, 15) is 0 Å². The molecule has 0 unspecified atom stereocenters. The summed E-state index contributed by atoms with van der Waals surface area (Å²) in [5.74, 6) is 0. The lowest BCUT2D eigenvalue weighted by Crippen LogP contribution is -2.33. The van der Waals surface area contributed by atoms with Crippen molar-refractivity contribution >= 4 is 0 Å². The van der Waals surface area contributed by atoms with Crippen molar-refractivity contribution in [3.8, 4) is 0 Å². The maximum atomic E-state index is 2.36. The van der Waals surface area contributed by atoms with Crippen LogP contribution in [0.15, 0.2) is 24.5 Å². The highest BCUT2D eigenvalue weighted by atomic mass is 14.9. The van der Waals surface area contributed by atoms with Crippen molar-refractivity contribution in [1.82, 2.24) is 0 Å². The number of hydrogen-bond donors (Lipinski definition) is 0. The van der Waals surface area contributed by atoms with Crippen molar-refractivity contribution in [3.05, 3.63) is 30.1 Å². The van der Waals surface area contributed by atoms with Gasteiger partial charge in [-0.25, -0.2) is 4.57 Å². The second kappa shape index (κ2) is 16.6. The van der Waals surface area contributed by atoms with E-state index < -0.39 is 0 Å². The van der Waals surface area contributed by atoms with Crippen molar-refractivity contribution in [2.45, 2.75) is 123 Å². The van der Waals surface area contributed by atoms with E-state index in [-0.39, 0.29) is 0 Å². The van der Waals surface area contributed by atoms with Crippen molar-refractivity contribution in [1.29, 1.82) is 0 Å². The first-order valence-corrected chi connectivity index (χ1v) is 11.3. The normalized spacial score (nSPS) is 11.1. The van der Waals surface area contributed by atoms with Gasteiger partial charge in [0.1, 0.15) is 6.54 Å². The SMILES string of the molecule is CCCCCCCCCCCCCCCCC[n+]1cccc(CC)c1. The summed E-state index contributed by atoms with van der Waals surface area (Å²) in [5, 5.41) is 0. The van der Waals surface area contributed by atoms with Gasteiger partial charge < -0.3 is 0 Å². The summed E-state index contributed by atoms with van der Waals surface area (Å²) in [7, 11) is 0. The average molecular weight is 347 g/mol. The minimum absolute atomic E-state index is 1.14. The minimum Gasteiger partial charge on any atom is -0.205 e. The molecule has 1 nitrogen and oxygen atoms in total. The molecule has 0 bridgehead atoms. The van der Waals surface area contributed by atoms with Crippen LogP contribution in [0.2, 0.25) is 0 Å². The molecular weight excluding hydrogens is 302 g/mol. The first-order chi connectivity index (χ1) is 12.4. The Morgan fingerprint density at radius 1 is 0.640 bits per heavy atom. The third kappa shape index (κ3) is 13.1. The molecule has 0 saturated heterocycles. The Morgan fingerprint density at radius 3 is 1.60 bits per heavy atom. The maximum absolute atomic E-state index is 2.36. The van der Waals surface area contributed by atoms with Crippen LogP contribution in [0, 0.1) is 0 Å². The molecule has 1 aromatic heterocycles. The fourth-order valence-electron chi connectivity index (χ4n) is 3.59. The summed E-state index contributed by atoms with van der Waals surface area (Å²) in [6.07, 6.45) is 27.2. The van der Waals surface area contributed by atoms with Crippen molar-refractivity contribution in [3.63, 3.8) is 0 Å².